The van der Waals surface area contributed by atoms with Crippen molar-refractivity contribution in [2.45, 2.75) is 9.79 Å². The summed E-state index contributed by atoms with van der Waals surface area (Å²) in [4.78, 5) is 9.56. The number of anilines is 3. The minimum atomic E-state index is -4.76. The number of rotatable bonds is 7. The molecule has 0 fully saturated rings. The Labute approximate surface area is 147 Å². The van der Waals surface area contributed by atoms with Gasteiger partial charge in [0, 0.05) is 13.1 Å². The summed E-state index contributed by atoms with van der Waals surface area (Å²) in [6.45, 7) is 0.496. The van der Waals surface area contributed by atoms with Crippen molar-refractivity contribution in [1.82, 2.24) is 15.0 Å². The Morgan fingerprint density at radius 1 is 1.00 bits per heavy atom. The third kappa shape index (κ3) is 4.96. The van der Waals surface area contributed by atoms with E-state index in [1.807, 2.05) is 0 Å². The minimum Gasteiger partial charge on any atom is -0.479 e. The fourth-order valence-electron chi connectivity index (χ4n) is 1.80. The third-order valence-electron chi connectivity index (χ3n) is 2.82. The van der Waals surface area contributed by atoms with Crippen LogP contribution in [0.4, 0.5) is 17.6 Å². The van der Waals surface area contributed by atoms with Crippen LogP contribution in [0.3, 0.4) is 0 Å². The molecular formula is C11H14N6O7S2. The van der Waals surface area contributed by atoms with Crippen LogP contribution in [-0.2, 0) is 20.2 Å². The Bertz CT molecular complexity index is 1030. The number of aromatic nitrogens is 3. The maximum absolute atomic E-state index is 11.5. The summed E-state index contributed by atoms with van der Waals surface area (Å²) in [6.07, 6.45) is 0. The molecule has 0 saturated carbocycles. The van der Waals surface area contributed by atoms with Gasteiger partial charge in [0.15, 0.2) is 0 Å². The van der Waals surface area contributed by atoms with E-state index in [1.165, 1.54) is 0 Å². The number of nitrogens with one attached hydrogen (secondary N) is 2. The van der Waals surface area contributed by atoms with E-state index in [1.54, 1.807) is 0 Å². The number of benzene rings is 1. The highest BCUT2D eigenvalue weighted by Gasteiger charge is 2.21. The Balaban J connectivity index is 2.52. The number of hydrogen-bond donors (Lipinski definition) is 6. The highest BCUT2D eigenvalue weighted by atomic mass is 32.2. The second-order valence-electron chi connectivity index (χ2n) is 4.73. The van der Waals surface area contributed by atoms with Crippen molar-refractivity contribution in [3.05, 3.63) is 18.2 Å². The molecule has 13 nitrogen and oxygen atoms in total. The van der Waals surface area contributed by atoms with E-state index in [0.717, 1.165) is 18.2 Å². The van der Waals surface area contributed by atoms with E-state index in [-0.39, 0.29) is 25.0 Å². The molecule has 2 aromatic rings. The first kappa shape index (κ1) is 19.7. The van der Waals surface area contributed by atoms with Crippen molar-refractivity contribution >= 4 is 37.8 Å². The Kier molecular flexibility index (Phi) is 5.57. The molecule has 0 spiro atoms. The van der Waals surface area contributed by atoms with Crippen molar-refractivity contribution in [3.63, 3.8) is 0 Å². The average molecular weight is 406 g/mol. The summed E-state index contributed by atoms with van der Waals surface area (Å²) in [6, 6.07) is 1.56. The van der Waals surface area contributed by atoms with Crippen LogP contribution < -0.4 is 16.4 Å². The summed E-state index contributed by atoms with van der Waals surface area (Å²) in [7, 11) is -9.41. The number of aromatic hydroxyl groups is 1. The summed E-state index contributed by atoms with van der Waals surface area (Å²) < 4.78 is 63.7. The first-order valence-electron chi connectivity index (χ1n) is 6.76. The molecule has 0 radical (unpaired) electrons. The zero-order valence-corrected chi connectivity index (χ0v) is 14.5. The van der Waals surface area contributed by atoms with Gasteiger partial charge in [-0.05, 0) is 18.2 Å². The molecular weight excluding hydrogens is 392 g/mol. The monoisotopic (exact) mass is 406 g/mol. The van der Waals surface area contributed by atoms with Crippen LogP contribution in [0.25, 0.3) is 0 Å². The van der Waals surface area contributed by atoms with Crippen molar-refractivity contribution in [3.8, 4) is 6.01 Å². The summed E-state index contributed by atoms with van der Waals surface area (Å²) in [5.74, 6) is -0.459. The minimum absolute atomic E-state index is 0.0928. The topological polar surface area (TPSA) is 218 Å². The standard InChI is InChI=1S/C11H14N6O7S2/c12-3-4-13-9-15-10(17-11(18)16-9)14-7-5-6(25(19,20)21)1-2-8(7)26(22,23)24/h1-2,5H,3-4,12H2,(H,19,20,21)(H,22,23,24)(H3,13,14,15,16,17,18). The quantitative estimate of drug-likeness (QED) is 0.310. The SMILES string of the molecule is NCCNc1nc(O)nc(Nc2cc(S(=O)(=O)O)ccc2S(=O)(=O)O)n1. The Hall–Kier alpha value is -2.59. The van der Waals surface area contributed by atoms with Gasteiger partial charge in [-0.3, -0.25) is 9.11 Å². The maximum atomic E-state index is 11.5. The van der Waals surface area contributed by atoms with Gasteiger partial charge in [-0.2, -0.15) is 31.8 Å². The van der Waals surface area contributed by atoms with E-state index < -0.39 is 41.7 Å². The highest BCUT2D eigenvalue weighted by Crippen LogP contribution is 2.27. The van der Waals surface area contributed by atoms with E-state index in [0.29, 0.717) is 0 Å². The van der Waals surface area contributed by atoms with Crippen LogP contribution in [0, 0.1) is 0 Å². The lowest BCUT2D eigenvalue weighted by Gasteiger charge is -2.11. The molecule has 0 aliphatic carbocycles. The predicted molar refractivity (Wildman–Crippen MR) is 88.4 cm³/mol. The van der Waals surface area contributed by atoms with Crippen LogP contribution in [0.1, 0.15) is 0 Å². The molecule has 0 aliphatic rings. The third-order valence-corrected chi connectivity index (χ3v) is 4.59. The smallest absolute Gasteiger partial charge is 0.320 e. The molecule has 1 aromatic carbocycles. The lowest BCUT2D eigenvalue weighted by Crippen LogP contribution is -2.15. The fourth-order valence-corrected chi connectivity index (χ4v) is 2.93. The van der Waals surface area contributed by atoms with Gasteiger partial charge in [0.2, 0.25) is 11.9 Å². The van der Waals surface area contributed by atoms with Crippen LogP contribution in [0.15, 0.2) is 28.0 Å². The normalized spacial score (nSPS) is 12.0. The Morgan fingerprint density at radius 3 is 2.23 bits per heavy atom. The zero-order valence-electron chi connectivity index (χ0n) is 12.9. The summed E-state index contributed by atoms with van der Waals surface area (Å²) in [5.41, 5.74) is 4.85. The first-order chi connectivity index (χ1) is 12.0. The molecule has 0 saturated heterocycles. The van der Waals surface area contributed by atoms with Crippen molar-refractivity contribution in [2.24, 2.45) is 5.73 Å². The second-order valence-corrected chi connectivity index (χ2v) is 7.54. The Morgan fingerprint density at radius 2 is 1.65 bits per heavy atom. The van der Waals surface area contributed by atoms with Crippen LogP contribution in [-0.4, -0.2) is 59.1 Å². The molecule has 0 aliphatic heterocycles. The first-order valence-corrected chi connectivity index (χ1v) is 9.64. The summed E-state index contributed by atoms with van der Waals surface area (Å²) in [5, 5.41) is 14.5. The van der Waals surface area contributed by atoms with Gasteiger partial charge in [0.1, 0.15) is 4.90 Å². The molecule has 0 unspecified atom stereocenters. The van der Waals surface area contributed by atoms with E-state index in [2.05, 4.69) is 25.6 Å². The fraction of sp³-hybridized carbons (Fsp3) is 0.182. The van der Waals surface area contributed by atoms with E-state index in [9.17, 15) is 26.5 Å². The molecule has 1 heterocycles. The molecule has 0 bridgehead atoms. The average Bonchev–Trinajstić information content (AvgIpc) is 2.50. The molecule has 26 heavy (non-hydrogen) atoms. The lowest BCUT2D eigenvalue weighted by molar-refractivity contribution is 0.430. The van der Waals surface area contributed by atoms with Crippen molar-refractivity contribution < 1.29 is 31.0 Å². The van der Waals surface area contributed by atoms with Gasteiger partial charge in [-0.15, -0.1) is 0 Å². The van der Waals surface area contributed by atoms with Gasteiger partial charge < -0.3 is 21.5 Å². The largest absolute Gasteiger partial charge is 0.479 e. The van der Waals surface area contributed by atoms with Gasteiger partial charge in [-0.25, -0.2) is 0 Å². The number of nitrogens with two attached hydrogens (primary N) is 1. The molecule has 15 heteroatoms. The second kappa shape index (κ2) is 7.34. The number of nitrogens with zero attached hydrogens (tertiary/aromatic N) is 3. The molecule has 0 atom stereocenters. The van der Waals surface area contributed by atoms with Crippen molar-refractivity contribution in [1.29, 1.82) is 0 Å². The van der Waals surface area contributed by atoms with Gasteiger partial charge in [0.05, 0.1) is 10.6 Å². The van der Waals surface area contributed by atoms with Gasteiger partial charge >= 0.3 is 6.01 Å². The zero-order chi connectivity index (χ0) is 19.5. The van der Waals surface area contributed by atoms with Gasteiger partial charge in [0.25, 0.3) is 20.2 Å². The summed E-state index contributed by atoms with van der Waals surface area (Å²) >= 11 is 0. The van der Waals surface area contributed by atoms with Crippen molar-refractivity contribution in [2.75, 3.05) is 23.7 Å². The van der Waals surface area contributed by atoms with Crippen LogP contribution in [0.5, 0.6) is 6.01 Å². The van der Waals surface area contributed by atoms with Crippen LogP contribution >= 0.6 is 0 Å². The lowest BCUT2D eigenvalue weighted by atomic mass is 10.3. The maximum Gasteiger partial charge on any atom is 0.320 e. The molecule has 0 amide bonds. The molecule has 2 rings (SSSR count). The predicted octanol–water partition coefficient (Wildman–Crippen LogP) is -0.815. The molecule has 1 aromatic heterocycles. The van der Waals surface area contributed by atoms with Crippen LogP contribution in [0.2, 0.25) is 0 Å². The van der Waals surface area contributed by atoms with E-state index in [4.69, 9.17) is 10.3 Å². The van der Waals surface area contributed by atoms with Gasteiger partial charge in [-0.1, -0.05) is 0 Å². The number of hydrogen-bond acceptors (Lipinski definition) is 11. The highest BCUT2D eigenvalue weighted by molar-refractivity contribution is 7.86. The molecule has 7 N–H and O–H groups in total. The van der Waals surface area contributed by atoms with E-state index >= 15 is 0 Å². The molecule has 142 valence electrons.